The van der Waals surface area contributed by atoms with E-state index in [1.54, 1.807) is 0 Å². The number of rotatable bonds is 3. The standard InChI is InChI=1S/C6H10FNO/c1-2-5-8-6(9)3-4-7/h3-4H,2,5H2,1H3,(H,8,9)/b4-3+. The normalized spacial score (nSPS) is 10.0. The van der Waals surface area contributed by atoms with Gasteiger partial charge < -0.3 is 5.32 Å². The fraction of sp³-hybridized carbons (Fsp3) is 0.500. The van der Waals surface area contributed by atoms with Gasteiger partial charge in [0, 0.05) is 12.6 Å². The molecule has 0 spiro atoms. The number of carbonyl (C=O) groups excluding carboxylic acids is 1. The molecule has 0 aromatic rings. The molecule has 0 bridgehead atoms. The van der Waals surface area contributed by atoms with E-state index in [4.69, 9.17) is 0 Å². The first-order valence-corrected chi connectivity index (χ1v) is 2.86. The highest BCUT2D eigenvalue weighted by molar-refractivity contribution is 5.87. The van der Waals surface area contributed by atoms with E-state index >= 15 is 0 Å². The highest BCUT2D eigenvalue weighted by Crippen LogP contribution is 1.75. The second-order valence-corrected chi connectivity index (χ2v) is 1.58. The van der Waals surface area contributed by atoms with Crippen molar-refractivity contribution in [3.8, 4) is 0 Å². The molecule has 0 aliphatic rings. The molecule has 0 unspecified atom stereocenters. The highest BCUT2D eigenvalue weighted by Gasteiger charge is 1.89. The average Bonchev–Trinajstić information content (AvgIpc) is 1.85. The Bertz CT molecular complexity index is 112. The molecular formula is C6H10FNO. The lowest BCUT2D eigenvalue weighted by atomic mass is 10.4. The fourth-order valence-corrected chi connectivity index (χ4v) is 0.364. The SMILES string of the molecule is CCCNC(=O)/C=C/F. The molecule has 0 saturated carbocycles. The first kappa shape index (κ1) is 8.14. The van der Waals surface area contributed by atoms with Gasteiger partial charge in [-0.05, 0) is 6.42 Å². The summed E-state index contributed by atoms with van der Waals surface area (Å²) in [4.78, 5) is 10.4. The van der Waals surface area contributed by atoms with Crippen molar-refractivity contribution in [2.45, 2.75) is 13.3 Å². The molecule has 1 amide bonds. The lowest BCUT2D eigenvalue weighted by Gasteiger charge is -1.94. The molecular weight excluding hydrogens is 121 g/mol. The largest absolute Gasteiger partial charge is 0.352 e. The van der Waals surface area contributed by atoms with E-state index in [1.807, 2.05) is 6.92 Å². The molecule has 0 radical (unpaired) electrons. The van der Waals surface area contributed by atoms with Crippen molar-refractivity contribution in [2.75, 3.05) is 6.54 Å². The van der Waals surface area contributed by atoms with Gasteiger partial charge in [-0.2, -0.15) is 0 Å². The summed E-state index contributed by atoms with van der Waals surface area (Å²) in [6, 6.07) is 0. The van der Waals surface area contributed by atoms with Gasteiger partial charge in [0.1, 0.15) is 0 Å². The fourth-order valence-electron chi connectivity index (χ4n) is 0.364. The molecule has 2 nitrogen and oxygen atoms in total. The first-order chi connectivity index (χ1) is 4.31. The quantitative estimate of drug-likeness (QED) is 0.569. The molecule has 1 N–H and O–H groups in total. The predicted molar refractivity (Wildman–Crippen MR) is 33.5 cm³/mol. The van der Waals surface area contributed by atoms with Gasteiger partial charge >= 0.3 is 0 Å². The Morgan fingerprint density at radius 3 is 2.89 bits per heavy atom. The van der Waals surface area contributed by atoms with E-state index in [0.29, 0.717) is 6.54 Å². The summed E-state index contributed by atoms with van der Waals surface area (Å²) in [7, 11) is 0. The zero-order valence-electron chi connectivity index (χ0n) is 5.36. The van der Waals surface area contributed by atoms with Crippen LogP contribution >= 0.6 is 0 Å². The molecule has 0 heterocycles. The van der Waals surface area contributed by atoms with Crippen LogP contribution in [0.15, 0.2) is 12.4 Å². The second-order valence-electron chi connectivity index (χ2n) is 1.58. The Hall–Kier alpha value is -0.860. The van der Waals surface area contributed by atoms with Crippen molar-refractivity contribution in [2.24, 2.45) is 0 Å². The van der Waals surface area contributed by atoms with Crippen LogP contribution in [0, 0.1) is 0 Å². The van der Waals surface area contributed by atoms with Crippen molar-refractivity contribution in [3.05, 3.63) is 12.4 Å². The summed E-state index contributed by atoms with van der Waals surface area (Å²) in [6.45, 7) is 2.53. The zero-order valence-corrected chi connectivity index (χ0v) is 5.36. The van der Waals surface area contributed by atoms with Gasteiger partial charge in [-0.1, -0.05) is 6.92 Å². The number of hydrogen-bond donors (Lipinski definition) is 1. The molecule has 0 saturated heterocycles. The molecule has 0 aromatic carbocycles. The molecule has 0 aromatic heterocycles. The number of amides is 1. The molecule has 3 heteroatoms. The van der Waals surface area contributed by atoms with Gasteiger partial charge in [0.15, 0.2) is 0 Å². The molecule has 0 aliphatic heterocycles. The second kappa shape index (κ2) is 5.28. The van der Waals surface area contributed by atoms with Gasteiger partial charge in [-0.3, -0.25) is 4.79 Å². The third-order valence-electron chi connectivity index (χ3n) is 0.764. The number of halogens is 1. The van der Waals surface area contributed by atoms with Crippen LogP contribution in [0.5, 0.6) is 0 Å². The van der Waals surface area contributed by atoms with Crippen LogP contribution in [0.4, 0.5) is 4.39 Å². The van der Waals surface area contributed by atoms with Crippen LogP contribution in [0.2, 0.25) is 0 Å². The van der Waals surface area contributed by atoms with Crippen molar-refractivity contribution < 1.29 is 9.18 Å². The summed E-state index contributed by atoms with van der Waals surface area (Å²) < 4.78 is 11.2. The third kappa shape index (κ3) is 5.00. The topological polar surface area (TPSA) is 29.1 Å². The smallest absolute Gasteiger partial charge is 0.246 e. The predicted octanol–water partition coefficient (Wildman–Crippen LogP) is 0.996. The van der Waals surface area contributed by atoms with Crippen LogP contribution in [0.3, 0.4) is 0 Å². The van der Waals surface area contributed by atoms with E-state index in [1.165, 1.54) is 0 Å². The number of nitrogens with one attached hydrogen (secondary N) is 1. The van der Waals surface area contributed by atoms with E-state index in [9.17, 15) is 9.18 Å². The zero-order chi connectivity index (χ0) is 7.11. The maximum atomic E-state index is 11.2. The van der Waals surface area contributed by atoms with Gasteiger partial charge in [-0.25, -0.2) is 4.39 Å². The lowest BCUT2D eigenvalue weighted by molar-refractivity contribution is -0.116. The van der Waals surface area contributed by atoms with E-state index in [2.05, 4.69) is 5.32 Å². The minimum atomic E-state index is -0.376. The van der Waals surface area contributed by atoms with Gasteiger partial charge in [0.2, 0.25) is 5.91 Å². The van der Waals surface area contributed by atoms with Gasteiger partial charge in [-0.15, -0.1) is 0 Å². The van der Waals surface area contributed by atoms with Gasteiger partial charge in [0.25, 0.3) is 0 Å². The Labute approximate surface area is 53.8 Å². The van der Waals surface area contributed by atoms with Crippen molar-refractivity contribution >= 4 is 5.91 Å². The van der Waals surface area contributed by atoms with E-state index in [0.717, 1.165) is 12.5 Å². The minimum Gasteiger partial charge on any atom is -0.352 e. The summed E-state index contributed by atoms with van der Waals surface area (Å²) in [5, 5.41) is 2.47. The maximum absolute atomic E-state index is 11.2. The molecule has 0 rings (SSSR count). The number of carbonyl (C=O) groups is 1. The maximum Gasteiger partial charge on any atom is 0.246 e. The summed E-state index contributed by atoms with van der Waals surface area (Å²) in [6.07, 6.45) is 1.95. The van der Waals surface area contributed by atoms with Gasteiger partial charge in [0.05, 0.1) is 6.33 Å². The Balaban J connectivity index is 3.27. The summed E-state index contributed by atoms with van der Waals surface area (Å²) in [5.74, 6) is -0.376. The van der Waals surface area contributed by atoms with Crippen LogP contribution in [0.25, 0.3) is 0 Å². The number of hydrogen-bond acceptors (Lipinski definition) is 1. The van der Waals surface area contributed by atoms with Crippen molar-refractivity contribution in [1.29, 1.82) is 0 Å². The Kier molecular flexibility index (Phi) is 4.78. The van der Waals surface area contributed by atoms with Crippen LogP contribution in [-0.2, 0) is 4.79 Å². The van der Waals surface area contributed by atoms with E-state index in [-0.39, 0.29) is 12.2 Å². The van der Waals surface area contributed by atoms with Crippen molar-refractivity contribution in [3.63, 3.8) is 0 Å². The summed E-state index contributed by atoms with van der Waals surface area (Å²) >= 11 is 0. The van der Waals surface area contributed by atoms with Crippen molar-refractivity contribution in [1.82, 2.24) is 5.32 Å². The molecule has 52 valence electrons. The van der Waals surface area contributed by atoms with E-state index < -0.39 is 0 Å². The minimum absolute atomic E-state index is 0.227. The van der Waals surface area contributed by atoms with Crippen LogP contribution in [-0.4, -0.2) is 12.5 Å². The Morgan fingerprint density at radius 2 is 2.44 bits per heavy atom. The highest BCUT2D eigenvalue weighted by atomic mass is 19.1. The monoisotopic (exact) mass is 131 g/mol. The first-order valence-electron chi connectivity index (χ1n) is 2.86. The summed E-state index contributed by atoms with van der Waals surface area (Å²) in [5.41, 5.74) is 0. The molecule has 9 heavy (non-hydrogen) atoms. The third-order valence-corrected chi connectivity index (χ3v) is 0.764. The van der Waals surface area contributed by atoms with Crippen LogP contribution < -0.4 is 5.32 Å². The molecule has 0 atom stereocenters. The molecule has 0 aliphatic carbocycles. The van der Waals surface area contributed by atoms with Crippen LogP contribution in [0.1, 0.15) is 13.3 Å². The lowest BCUT2D eigenvalue weighted by Crippen LogP contribution is -2.21. The average molecular weight is 131 g/mol. The molecule has 0 fully saturated rings. The Morgan fingerprint density at radius 1 is 1.78 bits per heavy atom.